The molecule has 1 heterocycles. The van der Waals surface area contributed by atoms with Crippen LogP contribution in [0.1, 0.15) is 5.56 Å². The van der Waals surface area contributed by atoms with Gasteiger partial charge in [0.15, 0.2) is 11.0 Å². The average molecular weight is 272 g/mol. The van der Waals surface area contributed by atoms with Crippen LogP contribution in [0.5, 0.6) is 0 Å². The van der Waals surface area contributed by atoms with E-state index in [1.165, 1.54) is 30.1 Å². The molecule has 1 N–H and O–H groups in total. The van der Waals surface area contributed by atoms with E-state index in [1.54, 1.807) is 6.07 Å². The fourth-order valence-corrected chi connectivity index (χ4v) is 1.96. The van der Waals surface area contributed by atoms with E-state index >= 15 is 0 Å². The number of hydrogen-bond acceptors (Lipinski definition) is 4. The highest BCUT2D eigenvalue weighted by molar-refractivity contribution is 8.15. The van der Waals surface area contributed by atoms with E-state index in [4.69, 9.17) is 11.6 Å². The van der Waals surface area contributed by atoms with Gasteiger partial charge in [-0.3, -0.25) is 4.79 Å². The van der Waals surface area contributed by atoms with Crippen molar-refractivity contribution in [2.24, 2.45) is 10.2 Å². The standard InChI is InChI=1S/C10H7ClFN3OS/c11-7-3-1-2-6(9(7)12)4-13-15-10-14-8(16)5-17-10/h1-4H,5H2,(H,14,15,16). The molecular weight excluding hydrogens is 265 g/mol. The summed E-state index contributed by atoms with van der Waals surface area (Å²) in [7, 11) is 0. The molecule has 0 saturated carbocycles. The zero-order chi connectivity index (χ0) is 12.3. The second kappa shape index (κ2) is 5.29. The molecule has 1 amide bonds. The van der Waals surface area contributed by atoms with Gasteiger partial charge in [-0.1, -0.05) is 35.5 Å². The average Bonchev–Trinajstić information content (AvgIpc) is 2.70. The Morgan fingerprint density at radius 3 is 3.06 bits per heavy atom. The van der Waals surface area contributed by atoms with E-state index < -0.39 is 5.82 Å². The van der Waals surface area contributed by atoms with Gasteiger partial charge in [0.25, 0.3) is 0 Å². The Balaban J connectivity index is 2.11. The molecule has 0 unspecified atom stereocenters. The van der Waals surface area contributed by atoms with Crippen LogP contribution >= 0.6 is 23.4 Å². The van der Waals surface area contributed by atoms with Gasteiger partial charge in [0, 0.05) is 5.56 Å². The summed E-state index contributed by atoms with van der Waals surface area (Å²) < 4.78 is 13.4. The number of halogens is 2. The van der Waals surface area contributed by atoms with Crippen molar-refractivity contribution >= 4 is 40.7 Å². The lowest BCUT2D eigenvalue weighted by Crippen LogP contribution is -2.19. The van der Waals surface area contributed by atoms with Crippen LogP contribution in [0.25, 0.3) is 0 Å². The largest absolute Gasteiger partial charge is 0.303 e. The Morgan fingerprint density at radius 1 is 1.53 bits per heavy atom. The molecule has 1 aromatic rings. The molecule has 88 valence electrons. The zero-order valence-electron chi connectivity index (χ0n) is 8.48. The highest BCUT2D eigenvalue weighted by atomic mass is 35.5. The number of carbonyl (C=O) groups excluding carboxylic acids is 1. The number of thioether (sulfide) groups is 1. The topological polar surface area (TPSA) is 53.8 Å². The minimum Gasteiger partial charge on any atom is -0.303 e. The van der Waals surface area contributed by atoms with Crippen LogP contribution in [0, 0.1) is 5.82 Å². The van der Waals surface area contributed by atoms with Crippen LogP contribution in [0.2, 0.25) is 5.02 Å². The summed E-state index contributed by atoms with van der Waals surface area (Å²) in [5.74, 6) is -0.320. The van der Waals surface area contributed by atoms with Crippen molar-refractivity contribution in [3.8, 4) is 0 Å². The molecule has 0 aromatic heterocycles. The first kappa shape index (κ1) is 12.1. The third kappa shape index (κ3) is 3.04. The minimum absolute atomic E-state index is 0.0325. The van der Waals surface area contributed by atoms with E-state index in [2.05, 4.69) is 15.5 Å². The molecule has 1 fully saturated rings. The van der Waals surface area contributed by atoms with Crippen LogP contribution in [0.3, 0.4) is 0 Å². The maximum atomic E-state index is 13.4. The van der Waals surface area contributed by atoms with Crippen molar-refractivity contribution < 1.29 is 9.18 Å². The lowest BCUT2D eigenvalue weighted by Gasteiger charge is -1.96. The number of nitrogens with zero attached hydrogens (tertiary/aromatic N) is 2. The van der Waals surface area contributed by atoms with E-state index in [0.717, 1.165) is 0 Å². The van der Waals surface area contributed by atoms with Crippen molar-refractivity contribution in [3.63, 3.8) is 0 Å². The van der Waals surface area contributed by atoms with Crippen molar-refractivity contribution in [2.45, 2.75) is 0 Å². The molecule has 4 nitrogen and oxygen atoms in total. The van der Waals surface area contributed by atoms with Crippen LogP contribution in [-0.4, -0.2) is 23.0 Å². The summed E-state index contributed by atoms with van der Waals surface area (Å²) in [6.45, 7) is 0. The third-order valence-corrected chi connectivity index (χ3v) is 3.07. The summed E-state index contributed by atoms with van der Waals surface area (Å²) in [4.78, 5) is 10.8. The Kier molecular flexibility index (Phi) is 3.75. The summed E-state index contributed by atoms with van der Waals surface area (Å²) in [6.07, 6.45) is 1.25. The molecule has 17 heavy (non-hydrogen) atoms. The van der Waals surface area contributed by atoms with Gasteiger partial charge in [-0.25, -0.2) is 4.39 Å². The lowest BCUT2D eigenvalue weighted by atomic mass is 10.2. The van der Waals surface area contributed by atoms with Crippen molar-refractivity contribution in [3.05, 3.63) is 34.6 Å². The fraction of sp³-hybridized carbons (Fsp3) is 0.100. The number of amidine groups is 1. The Morgan fingerprint density at radius 2 is 2.35 bits per heavy atom. The van der Waals surface area contributed by atoms with Gasteiger partial charge >= 0.3 is 0 Å². The van der Waals surface area contributed by atoms with Crippen molar-refractivity contribution in [1.82, 2.24) is 5.32 Å². The highest BCUT2D eigenvalue weighted by Crippen LogP contribution is 2.16. The van der Waals surface area contributed by atoms with Crippen molar-refractivity contribution in [2.75, 3.05) is 5.75 Å². The van der Waals surface area contributed by atoms with Crippen LogP contribution < -0.4 is 5.32 Å². The zero-order valence-corrected chi connectivity index (χ0v) is 10.1. The molecule has 0 radical (unpaired) electrons. The quantitative estimate of drug-likeness (QED) is 0.661. The van der Waals surface area contributed by atoms with Gasteiger partial charge in [-0.2, -0.15) is 5.10 Å². The van der Waals surface area contributed by atoms with Crippen LogP contribution in [0.15, 0.2) is 28.4 Å². The predicted octanol–water partition coefficient (Wildman–Crippen LogP) is 2.03. The summed E-state index contributed by atoms with van der Waals surface area (Å²) in [5, 5.41) is 10.4. The molecule has 2 rings (SSSR count). The maximum Gasteiger partial charge on any atom is 0.236 e. The van der Waals surface area contributed by atoms with Gasteiger partial charge < -0.3 is 5.32 Å². The van der Waals surface area contributed by atoms with Gasteiger partial charge in [0.2, 0.25) is 5.91 Å². The smallest absolute Gasteiger partial charge is 0.236 e. The van der Waals surface area contributed by atoms with E-state index in [0.29, 0.717) is 10.9 Å². The summed E-state index contributed by atoms with van der Waals surface area (Å²) in [6, 6.07) is 4.60. The molecule has 1 aliphatic rings. The molecule has 1 aromatic carbocycles. The van der Waals surface area contributed by atoms with Gasteiger partial charge in [0.1, 0.15) is 0 Å². The Hall–Kier alpha value is -1.40. The third-order valence-electron chi connectivity index (χ3n) is 1.91. The monoisotopic (exact) mass is 271 g/mol. The van der Waals surface area contributed by atoms with Gasteiger partial charge in [-0.05, 0) is 6.07 Å². The number of nitrogens with one attached hydrogen (secondary N) is 1. The normalized spacial score (nSPS) is 18.0. The molecule has 7 heteroatoms. The molecule has 0 atom stereocenters. The molecule has 0 bridgehead atoms. The maximum absolute atomic E-state index is 13.4. The second-order valence-electron chi connectivity index (χ2n) is 3.13. The predicted molar refractivity (Wildman–Crippen MR) is 67.0 cm³/mol. The SMILES string of the molecule is O=C1CSC(=NN=Cc2cccc(Cl)c2F)N1. The minimum atomic E-state index is -0.541. The van der Waals surface area contributed by atoms with E-state index in [-0.39, 0.29) is 16.5 Å². The molecule has 1 saturated heterocycles. The number of carbonyl (C=O) groups is 1. The molecule has 1 aliphatic heterocycles. The Labute approximate surface area is 106 Å². The number of benzene rings is 1. The number of amides is 1. The number of rotatable bonds is 2. The van der Waals surface area contributed by atoms with Crippen LogP contribution in [-0.2, 0) is 4.79 Å². The van der Waals surface area contributed by atoms with Gasteiger partial charge in [-0.15, -0.1) is 5.10 Å². The first-order valence-electron chi connectivity index (χ1n) is 4.64. The molecule has 0 spiro atoms. The van der Waals surface area contributed by atoms with E-state index in [1.807, 2.05) is 0 Å². The second-order valence-corrected chi connectivity index (χ2v) is 4.50. The first-order valence-corrected chi connectivity index (χ1v) is 6.01. The van der Waals surface area contributed by atoms with Crippen molar-refractivity contribution in [1.29, 1.82) is 0 Å². The number of hydrogen-bond donors (Lipinski definition) is 1. The molecule has 0 aliphatic carbocycles. The Bertz CT molecular complexity index is 518. The van der Waals surface area contributed by atoms with E-state index in [9.17, 15) is 9.18 Å². The fourth-order valence-electron chi connectivity index (χ4n) is 1.14. The highest BCUT2D eigenvalue weighted by Gasteiger charge is 2.15. The summed E-state index contributed by atoms with van der Waals surface area (Å²) >= 11 is 6.85. The van der Waals surface area contributed by atoms with Gasteiger partial charge in [0.05, 0.1) is 17.0 Å². The van der Waals surface area contributed by atoms with Crippen LogP contribution in [0.4, 0.5) is 4.39 Å². The molecular formula is C10H7ClFN3OS. The summed E-state index contributed by atoms with van der Waals surface area (Å²) in [5.41, 5.74) is 0.246. The lowest BCUT2D eigenvalue weighted by molar-refractivity contribution is -0.116. The first-order chi connectivity index (χ1) is 8.16.